The minimum Gasteiger partial charge on any atom is -0.487 e. The molecule has 5 rings (SSSR count). The largest absolute Gasteiger partial charge is 0.487 e. The van der Waals surface area contributed by atoms with E-state index in [0.717, 1.165) is 57.1 Å². The average molecular weight is 477 g/mol. The summed E-state index contributed by atoms with van der Waals surface area (Å²) in [6.45, 7) is 2.86. The van der Waals surface area contributed by atoms with Crippen molar-refractivity contribution >= 4 is 5.78 Å². The second-order valence-corrected chi connectivity index (χ2v) is 11.0. The highest BCUT2D eigenvalue weighted by Crippen LogP contribution is 2.51. The highest BCUT2D eigenvalue weighted by atomic mass is 16.5. The van der Waals surface area contributed by atoms with Gasteiger partial charge in [0.05, 0.1) is 6.10 Å². The van der Waals surface area contributed by atoms with Gasteiger partial charge in [-0.05, 0) is 98.8 Å². The lowest BCUT2D eigenvalue weighted by molar-refractivity contribution is -0.129. The van der Waals surface area contributed by atoms with Crippen molar-refractivity contribution in [1.29, 1.82) is 0 Å². The molecular weight excluding hydrogens is 436 g/mol. The minimum absolute atomic E-state index is 0.00440. The first-order valence-corrected chi connectivity index (χ1v) is 13.7. The van der Waals surface area contributed by atoms with E-state index in [2.05, 4.69) is 37.3 Å². The lowest BCUT2D eigenvalue weighted by atomic mass is 9.69. The third-order valence-corrected chi connectivity index (χ3v) is 8.58. The highest BCUT2D eigenvalue weighted by Gasteiger charge is 2.45. The van der Waals surface area contributed by atoms with Gasteiger partial charge < -0.3 is 14.6 Å². The Labute approximate surface area is 210 Å². The predicted octanol–water partition coefficient (Wildman–Crippen LogP) is 6.18. The van der Waals surface area contributed by atoms with Gasteiger partial charge in [0.2, 0.25) is 0 Å². The lowest BCUT2D eigenvalue weighted by Crippen LogP contribution is -2.47. The molecule has 1 N–H and O–H groups in total. The normalized spacial score (nSPS) is 24.3. The van der Waals surface area contributed by atoms with Crippen LogP contribution in [-0.2, 0) is 22.4 Å². The Bertz CT molecular complexity index is 990. The van der Waals surface area contributed by atoms with E-state index in [4.69, 9.17) is 9.47 Å². The fourth-order valence-electron chi connectivity index (χ4n) is 6.29. The maximum absolute atomic E-state index is 13.0. The van der Waals surface area contributed by atoms with Crippen molar-refractivity contribution in [2.75, 3.05) is 6.61 Å². The number of rotatable bonds is 10. The van der Waals surface area contributed by atoms with Gasteiger partial charge in [0, 0.05) is 13.0 Å². The van der Waals surface area contributed by atoms with E-state index >= 15 is 0 Å². The highest BCUT2D eigenvalue weighted by molar-refractivity contribution is 5.83. The van der Waals surface area contributed by atoms with Gasteiger partial charge in [0.1, 0.15) is 17.5 Å². The molecule has 2 aromatic rings. The SMILES string of the molecule is CCc1ccc2c(c1)[C@@H](CC[C@@H](O)[C@@H](CC(=O)C1CCCO1)Cc1ccccc1)CC1(CCC1)O2. The van der Waals surface area contributed by atoms with Crippen LogP contribution >= 0.6 is 0 Å². The number of hydrogen-bond donors (Lipinski definition) is 1. The number of Topliss-reactive ketones (excluding diaryl/α,β-unsaturated/α-hetero) is 1. The Morgan fingerprint density at radius 2 is 1.94 bits per heavy atom. The van der Waals surface area contributed by atoms with Crippen LogP contribution in [0, 0.1) is 5.92 Å². The molecule has 188 valence electrons. The molecule has 0 bridgehead atoms. The maximum atomic E-state index is 13.0. The first-order chi connectivity index (χ1) is 17.0. The Morgan fingerprint density at radius 1 is 1.11 bits per heavy atom. The number of carbonyl (C=O) groups excluding carboxylic acids is 1. The van der Waals surface area contributed by atoms with Crippen LogP contribution in [0.5, 0.6) is 5.75 Å². The number of ketones is 1. The molecular formula is C31H40O4. The Kier molecular flexibility index (Phi) is 7.59. The molecule has 4 nitrogen and oxygen atoms in total. The van der Waals surface area contributed by atoms with Crippen LogP contribution in [0.2, 0.25) is 0 Å². The zero-order valence-corrected chi connectivity index (χ0v) is 21.1. The molecule has 2 fully saturated rings. The van der Waals surface area contributed by atoms with Gasteiger partial charge in [0.25, 0.3) is 0 Å². The topological polar surface area (TPSA) is 55.8 Å². The van der Waals surface area contributed by atoms with E-state index in [1.165, 1.54) is 23.1 Å². The molecule has 3 aliphatic rings. The summed E-state index contributed by atoms with van der Waals surface area (Å²) in [6, 6.07) is 16.9. The number of aryl methyl sites for hydroxylation is 1. The van der Waals surface area contributed by atoms with E-state index in [-0.39, 0.29) is 23.4 Å². The Hall–Kier alpha value is -2.17. The third kappa shape index (κ3) is 5.65. The molecule has 2 aromatic carbocycles. The standard InChI is InChI=1S/C31H40O4/c1-2-22-11-14-29-26(19-22)24(21-31(35-29)15-7-16-31)12-13-27(32)25(18-23-8-4-3-5-9-23)20-28(33)30-10-6-17-34-30/h3-5,8-9,11,14,19,24-25,27,30,32H,2,6-7,10,12-13,15-18,20-21H2,1H3/t24-,25+,27+,30?/m0/s1. The van der Waals surface area contributed by atoms with E-state index in [0.29, 0.717) is 25.4 Å². The molecule has 2 aliphatic heterocycles. The third-order valence-electron chi connectivity index (χ3n) is 8.58. The summed E-state index contributed by atoms with van der Waals surface area (Å²) in [6.07, 6.45) is 9.25. The molecule has 35 heavy (non-hydrogen) atoms. The fraction of sp³-hybridized carbons (Fsp3) is 0.581. The molecule has 1 saturated heterocycles. The summed E-state index contributed by atoms with van der Waals surface area (Å²) in [5.41, 5.74) is 3.82. The predicted molar refractivity (Wildman–Crippen MR) is 138 cm³/mol. The number of aliphatic hydroxyl groups excluding tert-OH is 1. The molecule has 1 aliphatic carbocycles. The van der Waals surface area contributed by atoms with Crippen LogP contribution in [0.15, 0.2) is 48.5 Å². The van der Waals surface area contributed by atoms with Gasteiger partial charge in [0.15, 0.2) is 5.78 Å². The van der Waals surface area contributed by atoms with Crippen LogP contribution in [0.3, 0.4) is 0 Å². The number of aliphatic hydroxyl groups is 1. The van der Waals surface area contributed by atoms with Crippen LogP contribution < -0.4 is 4.74 Å². The molecule has 0 radical (unpaired) electrons. The fourth-order valence-corrected chi connectivity index (χ4v) is 6.29. The summed E-state index contributed by atoms with van der Waals surface area (Å²) in [7, 11) is 0. The molecule has 1 spiro atoms. The van der Waals surface area contributed by atoms with Crippen molar-refractivity contribution in [3.63, 3.8) is 0 Å². The van der Waals surface area contributed by atoms with Crippen molar-refractivity contribution in [1.82, 2.24) is 0 Å². The van der Waals surface area contributed by atoms with Crippen LogP contribution in [0.1, 0.15) is 87.3 Å². The summed E-state index contributed by atoms with van der Waals surface area (Å²) < 4.78 is 12.2. The van der Waals surface area contributed by atoms with E-state index in [1.54, 1.807) is 0 Å². The maximum Gasteiger partial charge on any atom is 0.161 e. The lowest BCUT2D eigenvalue weighted by Gasteiger charge is -2.48. The van der Waals surface area contributed by atoms with Crippen molar-refractivity contribution < 1.29 is 19.4 Å². The Balaban J connectivity index is 1.30. The minimum atomic E-state index is -0.515. The van der Waals surface area contributed by atoms with Crippen molar-refractivity contribution in [3.8, 4) is 5.75 Å². The molecule has 4 atom stereocenters. The van der Waals surface area contributed by atoms with Crippen LogP contribution in [0.25, 0.3) is 0 Å². The number of carbonyl (C=O) groups is 1. The number of fused-ring (bicyclic) bond motifs is 1. The molecule has 1 unspecified atom stereocenters. The zero-order valence-electron chi connectivity index (χ0n) is 21.1. The average Bonchev–Trinajstić information content (AvgIpc) is 3.41. The van der Waals surface area contributed by atoms with Gasteiger partial charge in [-0.3, -0.25) is 4.79 Å². The number of benzene rings is 2. The molecule has 0 aromatic heterocycles. The van der Waals surface area contributed by atoms with Gasteiger partial charge in [-0.2, -0.15) is 0 Å². The quantitative estimate of drug-likeness (QED) is 0.445. The molecule has 2 heterocycles. The molecule has 4 heteroatoms. The first-order valence-electron chi connectivity index (χ1n) is 13.7. The monoisotopic (exact) mass is 476 g/mol. The first kappa shape index (κ1) is 24.5. The van der Waals surface area contributed by atoms with Gasteiger partial charge in [-0.1, -0.05) is 49.4 Å². The number of ether oxygens (including phenoxy) is 2. The number of hydrogen-bond acceptors (Lipinski definition) is 4. The molecule has 0 amide bonds. The van der Waals surface area contributed by atoms with Gasteiger partial charge in [-0.25, -0.2) is 0 Å². The van der Waals surface area contributed by atoms with Crippen LogP contribution in [-0.4, -0.2) is 35.3 Å². The second-order valence-electron chi connectivity index (χ2n) is 11.0. The summed E-state index contributed by atoms with van der Waals surface area (Å²) in [4.78, 5) is 13.0. The van der Waals surface area contributed by atoms with Crippen molar-refractivity contribution in [3.05, 3.63) is 65.2 Å². The van der Waals surface area contributed by atoms with Crippen molar-refractivity contribution in [2.24, 2.45) is 5.92 Å². The van der Waals surface area contributed by atoms with Gasteiger partial charge >= 0.3 is 0 Å². The Morgan fingerprint density at radius 3 is 2.63 bits per heavy atom. The second kappa shape index (κ2) is 10.8. The van der Waals surface area contributed by atoms with E-state index < -0.39 is 6.10 Å². The zero-order chi connectivity index (χ0) is 24.3. The molecule has 1 saturated carbocycles. The van der Waals surface area contributed by atoms with E-state index in [1.807, 2.05) is 18.2 Å². The smallest absolute Gasteiger partial charge is 0.161 e. The summed E-state index contributed by atoms with van der Waals surface area (Å²) in [5.74, 6) is 1.50. The van der Waals surface area contributed by atoms with Crippen molar-refractivity contribution in [2.45, 2.75) is 101 Å². The summed E-state index contributed by atoms with van der Waals surface area (Å²) in [5, 5.41) is 11.4. The van der Waals surface area contributed by atoms with Crippen LogP contribution in [0.4, 0.5) is 0 Å². The van der Waals surface area contributed by atoms with E-state index in [9.17, 15) is 9.90 Å². The summed E-state index contributed by atoms with van der Waals surface area (Å²) >= 11 is 0. The van der Waals surface area contributed by atoms with Gasteiger partial charge in [-0.15, -0.1) is 0 Å².